The minimum absolute atomic E-state index is 0. The first-order valence-electron chi connectivity index (χ1n) is 8.76. The molecule has 0 aliphatic rings. The fourth-order valence-corrected chi connectivity index (χ4v) is 2.71. The van der Waals surface area contributed by atoms with Gasteiger partial charge in [-0.1, -0.05) is 64.7 Å². The molecule has 0 aromatic carbocycles. The number of ether oxygens (including phenoxy) is 2. The quantitative estimate of drug-likeness (QED) is 0.132. The van der Waals surface area contributed by atoms with E-state index in [1.54, 1.807) is 6.92 Å². The van der Waals surface area contributed by atoms with Crippen molar-refractivity contribution in [1.82, 2.24) is 0 Å². The molecule has 2 atom stereocenters. The van der Waals surface area contributed by atoms with Crippen LogP contribution in [0.2, 0.25) is 0 Å². The largest absolute Gasteiger partial charge is 1.00 e. The summed E-state index contributed by atoms with van der Waals surface area (Å²) in [6, 6.07) is 0. The van der Waals surface area contributed by atoms with Crippen LogP contribution in [0.25, 0.3) is 0 Å². The molecule has 0 aromatic rings. The summed E-state index contributed by atoms with van der Waals surface area (Å²) in [4.78, 5) is 0. The Hall–Kier alpha value is 0.790. The standard InChI is InChI=1S/C16H34O6S.Na/c1-4-5-6-7-8-9-10-11-12-13-14-20-15(2)21-16(3)22-23(17,18)19;/h15-16H,4-14H2,1-3H3,(H,17,18,19);/q;+1/p-1. The van der Waals surface area contributed by atoms with Crippen molar-refractivity contribution in [2.75, 3.05) is 6.61 Å². The number of hydrogen-bond donors (Lipinski definition) is 0. The summed E-state index contributed by atoms with van der Waals surface area (Å²) >= 11 is 0. The summed E-state index contributed by atoms with van der Waals surface area (Å²) in [5, 5.41) is 0. The van der Waals surface area contributed by atoms with Crippen LogP contribution in [0, 0.1) is 0 Å². The van der Waals surface area contributed by atoms with E-state index in [0.29, 0.717) is 6.61 Å². The summed E-state index contributed by atoms with van der Waals surface area (Å²) in [5.41, 5.74) is 0. The van der Waals surface area contributed by atoms with E-state index in [-0.39, 0.29) is 29.6 Å². The molecule has 0 radical (unpaired) electrons. The van der Waals surface area contributed by atoms with Crippen LogP contribution in [-0.4, -0.2) is 32.2 Å². The van der Waals surface area contributed by atoms with Gasteiger partial charge in [0.1, 0.15) is 0 Å². The molecule has 0 rings (SSSR count). The second-order valence-electron chi connectivity index (χ2n) is 5.83. The van der Waals surface area contributed by atoms with E-state index in [2.05, 4.69) is 11.1 Å². The van der Waals surface area contributed by atoms with Gasteiger partial charge in [0, 0.05) is 6.61 Å². The maximum atomic E-state index is 10.4. The first kappa shape index (κ1) is 27.0. The minimum atomic E-state index is -4.75. The third kappa shape index (κ3) is 20.8. The summed E-state index contributed by atoms with van der Waals surface area (Å²) in [6.45, 7) is 5.77. The van der Waals surface area contributed by atoms with E-state index >= 15 is 0 Å². The molecule has 0 fully saturated rings. The summed E-state index contributed by atoms with van der Waals surface area (Å²) in [7, 11) is -4.75. The van der Waals surface area contributed by atoms with Crippen LogP contribution in [0.5, 0.6) is 0 Å². The van der Waals surface area contributed by atoms with Gasteiger partial charge in [0.25, 0.3) is 0 Å². The molecule has 140 valence electrons. The molecular formula is C16H33NaO6S. The second-order valence-corrected chi connectivity index (χ2v) is 6.84. The maximum Gasteiger partial charge on any atom is 1.00 e. The van der Waals surface area contributed by atoms with Gasteiger partial charge >= 0.3 is 29.6 Å². The number of rotatable bonds is 16. The molecule has 8 heteroatoms. The Balaban J connectivity index is 0. The van der Waals surface area contributed by atoms with Gasteiger partial charge in [-0.15, -0.1) is 0 Å². The minimum Gasteiger partial charge on any atom is -0.725 e. The number of unbranched alkanes of at least 4 members (excludes halogenated alkanes) is 9. The SMILES string of the molecule is CCCCCCCCCCCCOC(C)OC(C)OS(=O)(=O)[O-].[Na+]. The molecule has 0 heterocycles. The van der Waals surface area contributed by atoms with Crippen molar-refractivity contribution >= 4 is 10.4 Å². The fourth-order valence-electron chi connectivity index (χ4n) is 2.34. The monoisotopic (exact) mass is 376 g/mol. The molecule has 0 N–H and O–H groups in total. The molecule has 6 nitrogen and oxygen atoms in total. The van der Waals surface area contributed by atoms with E-state index in [4.69, 9.17) is 9.47 Å². The third-order valence-electron chi connectivity index (χ3n) is 3.49. The van der Waals surface area contributed by atoms with Crippen molar-refractivity contribution < 1.29 is 56.2 Å². The number of hydrogen-bond acceptors (Lipinski definition) is 6. The van der Waals surface area contributed by atoms with E-state index < -0.39 is 23.0 Å². The summed E-state index contributed by atoms with van der Waals surface area (Å²) in [5.74, 6) is 0. The predicted molar refractivity (Wildman–Crippen MR) is 88.6 cm³/mol. The van der Waals surface area contributed by atoms with Crippen LogP contribution in [-0.2, 0) is 24.1 Å². The van der Waals surface area contributed by atoms with E-state index in [1.165, 1.54) is 58.3 Å². The molecule has 0 aromatic heterocycles. The van der Waals surface area contributed by atoms with Gasteiger partial charge in [0.2, 0.25) is 10.4 Å². The van der Waals surface area contributed by atoms with Crippen LogP contribution in [0.1, 0.15) is 85.0 Å². The first-order valence-corrected chi connectivity index (χ1v) is 10.1. The van der Waals surface area contributed by atoms with Gasteiger partial charge in [0.15, 0.2) is 12.6 Å². The van der Waals surface area contributed by atoms with Gasteiger partial charge in [-0.05, 0) is 20.3 Å². The van der Waals surface area contributed by atoms with Gasteiger partial charge in [-0.25, -0.2) is 12.6 Å². The summed E-state index contributed by atoms with van der Waals surface area (Å²) in [6.07, 6.45) is 10.8. The van der Waals surface area contributed by atoms with E-state index in [9.17, 15) is 13.0 Å². The van der Waals surface area contributed by atoms with Crippen LogP contribution in [0.15, 0.2) is 0 Å². The molecule has 0 bridgehead atoms. The maximum absolute atomic E-state index is 10.4. The van der Waals surface area contributed by atoms with Gasteiger partial charge in [0.05, 0.1) is 0 Å². The average Bonchev–Trinajstić information content (AvgIpc) is 2.42. The molecule has 24 heavy (non-hydrogen) atoms. The van der Waals surface area contributed by atoms with Crippen LogP contribution < -0.4 is 29.6 Å². The molecule has 0 spiro atoms. The Morgan fingerprint density at radius 1 is 0.833 bits per heavy atom. The first-order chi connectivity index (χ1) is 10.8. The van der Waals surface area contributed by atoms with Crippen molar-refractivity contribution in [3.8, 4) is 0 Å². The van der Waals surface area contributed by atoms with E-state index in [1.807, 2.05) is 0 Å². The van der Waals surface area contributed by atoms with Crippen molar-refractivity contribution in [3.05, 3.63) is 0 Å². The molecule has 0 aliphatic carbocycles. The van der Waals surface area contributed by atoms with Crippen LogP contribution >= 0.6 is 0 Å². The molecule has 0 saturated carbocycles. The zero-order chi connectivity index (χ0) is 17.6. The Kier molecular flexibility index (Phi) is 19.4. The average molecular weight is 376 g/mol. The van der Waals surface area contributed by atoms with Crippen LogP contribution in [0.3, 0.4) is 0 Å². The second kappa shape index (κ2) is 17.2. The Morgan fingerprint density at radius 2 is 1.29 bits per heavy atom. The van der Waals surface area contributed by atoms with E-state index in [0.717, 1.165) is 12.8 Å². The zero-order valence-corrected chi connectivity index (χ0v) is 18.6. The van der Waals surface area contributed by atoms with Crippen molar-refractivity contribution in [2.24, 2.45) is 0 Å². The Morgan fingerprint density at radius 3 is 1.75 bits per heavy atom. The van der Waals surface area contributed by atoms with Gasteiger partial charge < -0.3 is 14.0 Å². The molecule has 2 unspecified atom stereocenters. The van der Waals surface area contributed by atoms with Gasteiger partial charge in [-0.2, -0.15) is 0 Å². The van der Waals surface area contributed by atoms with Gasteiger partial charge in [-0.3, -0.25) is 0 Å². The summed E-state index contributed by atoms with van der Waals surface area (Å²) < 4.78 is 45.8. The van der Waals surface area contributed by atoms with Crippen molar-refractivity contribution in [1.29, 1.82) is 0 Å². The smallest absolute Gasteiger partial charge is 0.725 e. The molecular weight excluding hydrogens is 343 g/mol. The third-order valence-corrected chi connectivity index (χ3v) is 3.99. The molecule has 0 aliphatic heterocycles. The molecule has 0 saturated heterocycles. The normalized spacial score (nSPS) is 14.2. The Labute approximate surface area is 170 Å². The fraction of sp³-hybridized carbons (Fsp3) is 1.00. The topological polar surface area (TPSA) is 84.9 Å². The molecule has 0 amide bonds. The van der Waals surface area contributed by atoms with Crippen molar-refractivity contribution in [2.45, 2.75) is 97.6 Å². The van der Waals surface area contributed by atoms with Crippen molar-refractivity contribution in [3.63, 3.8) is 0 Å². The zero-order valence-electron chi connectivity index (χ0n) is 15.8. The predicted octanol–water partition coefficient (Wildman–Crippen LogP) is 1.11. The van der Waals surface area contributed by atoms with Crippen LogP contribution in [0.4, 0.5) is 0 Å². The Bertz CT molecular complexity index is 364.